The molecule has 0 radical (unpaired) electrons. The van der Waals surface area contributed by atoms with Crippen molar-refractivity contribution in [3.05, 3.63) is 12.2 Å². The molecule has 0 aliphatic heterocycles. The van der Waals surface area contributed by atoms with Gasteiger partial charge in [-0.15, -0.1) is 0 Å². The maximum absolute atomic E-state index is 10.9. The second-order valence-corrected chi connectivity index (χ2v) is 1.93. The van der Waals surface area contributed by atoms with E-state index in [0.717, 1.165) is 0 Å². The zero-order valence-electron chi connectivity index (χ0n) is 6.78. The Morgan fingerprint density at radius 1 is 1.67 bits per heavy atom. The SMILES string of the molecule is C=C(CO)C(=NO)C(=O)OCC. The molecule has 0 unspecified atom stereocenters. The van der Waals surface area contributed by atoms with E-state index in [1.807, 2.05) is 0 Å². The summed E-state index contributed by atoms with van der Waals surface area (Å²) >= 11 is 0. The van der Waals surface area contributed by atoms with Crippen molar-refractivity contribution in [2.24, 2.45) is 5.16 Å². The van der Waals surface area contributed by atoms with Crippen LogP contribution in [0, 0.1) is 0 Å². The molecular formula is C7H11NO4. The number of hydrogen-bond donors (Lipinski definition) is 2. The van der Waals surface area contributed by atoms with Gasteiger partial charge >= 0.3 is 5.97 Å². The number of hydrogen-bond acceptors (Lipinski definition) is 5. The number of aliphatic hydroxyl groups excluding tert-OH is 1. The Morgan fingerprint density at radius 2 is 2.25 bits per heavy atom. The second kappa shape index (κ2) is 5.31. The molecule has 0 rings (SSSR count). The second-order valence-electron chi connectivity index (χ2n) is 1.93. The zero-order chi connectivity index (χ0) is 9.56. The number of oxime groups is 1. The average Bonchev–Trinajstić information content (AvgIpc) is 2.06. The predicted octanol–water partition coefficient (Wildman–Crippen LogP) is -0.0718. The Bertz CT molecular complexity index is 209. The summed E-state index contributed by atoms with van der Waals surface area (Å²) in [5.41, 5.74) is -0.324. The lowest BCUT2D eigenvalue weighted by Crippen LogP contribution is -2.20. The molecule has 0 heterocycles. The maximum atomic E-state index is 10.9. The normalized spacial score (nSPS) is 11.0. The number of carbonyl (C=O) groups is 1. The molecule has 2 N–H and O–H groups in total. The first-order chi connectivity index (χ1) is 5.67. The molecular weight excluding hydrogens is 162 g/mol. The van der Waals surface area contributed by atoms with Gasteiger partial charge in [0.1, 0.15) is 0 Å². The number of aliphatic hydroxyl groups is 1. The van der Waals surface area contributed by atoms with E-state index in [2.05, 4.69) is 16.5 Å². The molecule has 0 amide bonds. The van der Waals surface area contributed by atoms with Gasteiger partial charge in [-0.1, -0.05) is 11.7 Å². The Kier molecular flexibility index (Phi) is 4.71. The van der Waals surface area contributed by atoms with Gasteiger partial charge in [-0.05, 0) is 6.92 Å². The first-order valence-corrected chi connectivity index (χ1v) is 3.35. The van der Waals surface area contributed by atoms with E-state index in [1.54, 1.807) is 6.92 Å². The van der Waals surface area contributed by atoms with Crippen LogP contribution in [0.4, 0.5) is 0 Å². The van der Waals surface area contributed by atoms with Crippen LogP contribution in [0.25, 0.3) is 0 Å². The lowest BCUT2D eigenvalue weighted by molar-refractivity contribution is -0.135. The van der Waals surface area contributed by atoms with Crippen LogP contribution in [-0.4, -0.2) is 35.2 Å². The molecule has 0 saturated heterocycles. The topological polar surface area (TPSA) is 79.1 Å². The van der Waals surface area contributed by atoms with Gasteiger partial charge in [-0.3, -0.25) is 0 Å². The maximum Gasteiger partial charge on any atom is 0.360 e. The summed E-state index contributed by atoms with van der Waals surface area (Å²) in [5, 5.41) is 19.6. The fourth-order valence-electron chi connectivity index (χ4n) is 0.530. The van der Waals surface area contributed by atoms with Crippen molar-refractivity contribution in [1.82, 2.24) is 0 Å². The first-order valence-electron chi connectivity index (χ1n) is 3.35. The quantitative estimate of drug-likeness (QED) is 0.270. The summed E-state index contributed by atoms with van der Waals surface area (Å²) in [6.45, 7) is 4.66. The molecule has 68 valence electrons. The highest BCUT2D eigenvalue weighted by Gasteiger charge is 2.15. The fraction of sp³-hybridized carbons (Fsp3) is 0.429. The van der Waals surface area contributed by atoms with Crippen LogP contribution in [-0.2, 0) is 9.53 Å². The zero-order valence-corrected chi connectivity index (χ0v) is 6.78. The van der Waals surface area contributed by atoms with Crippen LogP contribution in [0.5, 0.6) is 0 Å². The third-order valence-corrected chi connectivity index (χ3v) is 1.09. The Hall–Kier alpha value is -1.36. The number of carbonyl (C=O) groups excluding carboxylic acids is 1. The fourth-order valence-corrected chi connectivity index (χ4v) is 0.530. The summed E-state index contributed by atoms with van der Waals surface area (Å²) in [5.74, 6) is -0.793. The molecule has 0 bridgehead atoms. The first kappa shape index (κ1) is 10.6. The van der Waals surface area contributed by atoms with Crippen molar-refractivity contribution in [3.8, 4) is 0 Å². The van der Waals surface area contributed by atoms with Gasteiger partial charge in [0.15, 0.2) is 5.71 Å². The molecule has 12 heavy (non-hydrogen) atoms. The molecule has 5 heteroatoms. The molecule has 0 aromatic carbocycles. The van der Waals surface area contributed by atoms with E-state index in [4.69, 9.17) is 10.3 Å². The minimum atomic E-state index is -0.793. The summed E-state index contributed by atoms with van der Waals surface area (Å²) in [6.07, 6.45) is 0. The number of ether oxygens (including phenoxy) is 1. The minimum Gasteiger partial charge on any atom is -0.461 e. The molecule has 0 aromatic rings. The molecule has 0 atom stereocenters. The van der Waals surface area contributed by atoms with E-state index in [0.29, 0.717) is 0 Å². The third kappa shape index (κ3) is 2.71. The highest BCUT2D eigenvalue weighted by atomic mass is 16.5. The Morgan fingerprint density at radius 3 is 2.58 bits per heavy atom. The molecule has 0 saturated carbocycles. The Balaban J connectivity index is 4.37. The largest absolute Gasteiger partial charge is 0.461 e. The van der Waals surface area contributed by atoms with E-state index < -0.39 is 12.6 Å². The van der Waals surface area contributed by atoms with Crippen LogP contribution in [0.3, 0.4) is 0 Å². The highest BCUT2D eigenvalue weighted by molar-refractivity contribution is 6.42. The van der Waals surface area contributed by atoms with Crippen LogP contribution >= 0.6 is 0 Å². The lowest BCUT2D eigenvalue weighted by atomic mass is 10.2. The van der Waals surface area contributed by atoms with Gasteiger partial charge < -0.3 is 15.1 Å². The van der Waals surface area contributed by atoms with Gasteiger partial charge in [0.25, 0.3) is 0 Å². The molecule has 0 aliphatic rings. The Labute approximate surface area is 70.0 Å². The third-order valence-electron chi connectivity index (χ3n) is 1.09. The van der Waals surface area contributed by atoms with E-state index in [9.17, 15) is 4.79 Å². The monoisotopic (exact) mass is 173 g/mol. The number of esters is 1. The predicted molar refractivity (Wildman–Crippen MR) is 42.1 cm³/mol. The summed E-state index contributed by atoms with van der Waals surface area (Å²) < 4.78 is 4.52. The van der Waals surface area contributed by atoms with Gasteiger partial charge in [0.05, 0.1) is 13.2 Å². The van der Waals surface area contributed by atoms with Crippen molar-refractivity contribution in [2.75, 3.05) is 13.2 Å². The summed E-state index contributed by atoms with van der Waals surface area (Å²) in [4.78, 5) is 10.9. The summed E-state index contributed by atoms with van der Waals surface area (Å²) in [7, 11) is 0. The highest BCUT2D eigenvalue weighted by Crippen LogP contribution is 1.96. The van der Waals surface area contributed by atoms with Gasteiger partial charge in [-0.2, -0.15) is 0 Å². The molecule has 0 spiro atoms. The van der Waals surface area contributed by atoms with E-state index in [-0.39, 0.29) is 17.9 Å². The van der Waals surface area contributed by atoms with E-state index >= 15 is 0 Å². The van der Waals surface area contributed by atoms with Crippen molar-refractivity contribution in [2.45, 2.75) is 6.92 Å². The van der Waals surface area contributed by atoms with Gasteiger partial charge in [-0.25, -0.2) is 4.79 Å². The standard InChI is InChI=1S/C7H11NO4/c1-3-12-7(10)6(8-11)5(2)4-9/h9,11H,2-4H2,1H3. The van der Waals surface area contributed by atoms with Crippen LogP contribution in [0.2, 0.25) is 0 Å². The molecule has 5 nitrogen and oxygen atoms in total. The number of rotatable bonds is 4. The summed E-state index contributed by atoms with van der Waals surface area (Å²) in [6, 6.07) is 0. The lowest BCUT2D eigenvalue weighted by Gasteiger charge is -2.03. The van der Waals surface area contributed by atoms with Crippen molar-refractivity contribution >= 4 is 11.7 Å². The number of nitrogens with zero attached hydrogens (tertiary/aromatic N) is 1. The van der Waals surface area contributed by atoms with Crippen molar-refractivity contribution in [1.29, 1.82) is 0 Å². The smallest absolute Gasteiger partial charge is 0.360 e. The van der Waals surface area contributed by atoms with Crippen LogP contribution in [0.15, 0.2) is 17.3 Å². The van der Waals surface area contributed by atoms with Crippen LogP contribution in [0.1, 0.15) is 6.92 Å². The van der Waals surface area contributed by atoms with Crippen molar-refractivity contribution < 1.29 is 19.8 Å². The van der Waals surface area contributed by atoms with Gasteiger partial charge in [0, 0.05) is 5.57 Å². The molecule has 0 aromatic heterocycles. The minimum absolute atomic E-state index is 0.0240. The van der Waals surface area contributed by atoms with E-state index in [1.165, 1.54) is 0 Å². The molecule has 0 fully saturated rings. The average molecular weight is 173 g/mol. The van der Waals surface area contributed by atoms with Crippen molar-refractivity contribution in [3.63, 3.8) is 0 Å². The molecule has 0 aliphatic carbocycles. The van der Waals surface area contributed by atoms with Crippen LogP contribution < -0.4 is 0 Å². The van der Waals surface area contributed by atoms with Gasteiger partial charge in [0.2, 0.25) is 0 Å².